The van der Waals surface area contributed by atoms with E-state index in [2.05, 4.69) is 16.3 Å². The Morgan fingerprint density at radius 3 is 2.48 bits per heavy atom. The Morgan fingerprint density at radius 2 is 1.84 bits per heavy atom. The molecule has 0 fully saturated rings. The summed E-state index contributed by atoms with van der Waals surface area (Å²) in [7, 11) is -3.59. The van der Waals surface area contributed by atoms with Crippen molar-refractivity contribution in [1.29, 1.82) is 5.26 Å². The molecule has 9 heteroatoms. The molecule has 3 rings (SSSR count). The van der Waals surface area contributed by atoms with Gasteiger partial charge in [0.25, 0.3) is 5.22 Å². The van der Waals surface area contributed by atoms with E-state index in [0.717, 1.165) is 11.1 Å². The Hall–Kier alpha value is -2.67. The van der Waals surface area contributed by atoms with Crippen molar-refractivity contribution in [3.63, 3.8) is 0 Å². The summed E-state index contributed by atoms with van der Waals surface area (Å²) in [6.45, 7) is 6.40. The molecule has 31 heavy (non-hydrogen) atoms. The van der Waals surface area contributed by atoms with Gasteiger partial charge in [0.05, 0.1) is 11.0 Å². The van der Waals surface area contributed by atoms with E-state index in [4.69, 9.17) is 4.42 Å². The molecule has 0 saturated heterocycles. The fourth-order valence-electron chi connectivity index (χ4n) is 3.05. The fourth-order valence-corrected chi connectivity index (χ4v) is 5.34. The van der Waals surface area contributed by atoms with Gasteiger partial charge in [0.15, 0.2) is 0 Å². The first-order valence-electron chi connectivity index (χ1n) is 9.93. The Balaban J connectivity index is 1.77. The van der Waals surface area contributed by atoms with Gasteiger partial charge in [-0.05, 0) is 48.9 Å². The predicted molar refractivity (Wildman–Crippen MR) is 120 cm³/mol. The van der Waals surface area contributed by atoms with Crippen molar-refractivity contribution < 1.29 is 12.8 Å². The van der Waals surface area contributed by atoms with Crippen LogP contribution < -0.4 is 0 Å². The minimum atomic E-state index is -3.59. The molecule has 1 unspecified atom stereocenters. The Labute approximate surface area is 187 Å². The zero-order chi connectivity index (χ0) is 22.4. The first-order valence-corrected chi connectivity index (χ1v) is 12.2. The monoisotopic (exact) mass is 456 g/mol. The summed E-state index contributed by atoms with van der Waals surface area (Å²) in [4.78, 5) is 0.176. The van der Waals surface area contributed by atoms with Crippen LogP contribution in [0.2, 0.25) is 0 Å². The Morgan fingerprint density at radius 1 is 1.13 bits per heavy atom. The molecule has 0 saturated carbocycles. The van der Waals surface area contributed by atoms with Crippen LogP contribution in [0.3, 0.4) is 0 Å². The molecule has 0 amide bonds. The van der Waals surface area contributed by atoms with Crippen molar-refractivity contribution in [3.8, 4) is 17.5 Å². The van der Waals surface area contributed by atoms with Gasteiger partial charge < -0.3 is 4.42 Å². The van der Waals surface area contributed by atoms with Crippen LogP contribution in [0, 0.1) is 18.3 Å². The maximum Gasteiger partial charge on any atom is 0.278 e. The molecule has 0 aliphatic rings. The number of benzene rings is 2. The largest absolute Gasteiger partial charge is 0.411 e. The number of aromatic nitrogens is 2. The standard InChI is InChI=1S/C22H24N4O3S2/c1-4-26(5-2)31(27,28)20-8-6-7-18(14-20)21-24-25-22(29-21)30-19(15-23)13-17-11-9-16(3)10-12-17/h6-12,14,19H,4-5,13H2,1-3H3. The number of sulfonamides is 1. The zero-order valence-corrected chi connectivity index (χ0v) is 19.3. The van der Waals surface area contributed by atoms with Gasteiger partial charge in [-0.3, -0.25) is 0 Å². The molecule has 0 bridgehead atoms. The molecule has 162 valence electrons. The summed E-state index contributed by atoms with van der Waals surface area (Å²) < 4.78 is 32.7. The van der Waals surface area contributed by atoms with Gasteiger partial charge in [0, 0.05) is 18.7 Å². The van der Waals surface area contributed by atoms with Gasteiger partial charge in [-0.25, -0.2) is 8.42 Å². The van der Waals surface area contributed by atoms with E-state index in [9.17, 15) is 13.7 Å². The van der Waals surface area contributed by atoms with Gasteiger partial charge >= 0.3 is 0 Å². The molecular weight excluding hydrogens is 432 g/mol. The number of aryl methyl sites for hydroxylation is 1. The lowest BCUT2D eigenvalue weighted by atomic mass is 10.1. The van der Waals surface area contributed by atoms with Gasteiger partial charge in [0.2, 0.25) is 15.9 Å². The third kappa shape index (κ3) is 5.53. The summed E-state index contributed by atoms with van der Waals surface area (Å²) in [6, 6.07) is 16.7. The summed E-state index contributed by atoms with van der Waals surface area (Å²) in [5.41, 5.74) is 2.73. The number of nitriles is 1. The second-order valence-corrected chi connectivity index (χ2v) is 10.0. The highest BCUT2D eigenvalue weighted by Gasteiger charge is 2.23. The smallest absolute Gasteiger partial charge is 0.278 e. The average Bonchev–Trinajstić information content (AvgIpc) is 3.24. The van der Waals surface area contributed by atoms with Crippen LogP contribution in [0.25, 0.3) is 11.5 Å². The minimum Gasteiger partial charge on any atom is -0.411 e. The molecule has 0 aliphatic heterocycles. The quantitative estimate of drug-likeness (QED) is 0.442. The molecule has 3 aromatic rings. The third-order valence-corrected chi connectivity index (χ3v) is 7.73. The molecule has 0 N–H and O–H groups in total. The summed E-state index contributed by atoms with van der Waals surface area (Å²) in [5, 5.41) is 17.5. The highest BCUT2D eigenvalue weighted by molar-refractivity contribution is 7.99. The van der Waals surface area contributed by atoms with E-state index in [1.54, 1.807) is 32.0 Å². The lowest BCUT2D eigenvalue weighted by Crippen LogP contribution is -2.30. The van der Waals surface area contributed by atoms with Crippen LogP contribution in [0.4, 0.5) is 0 Å². The number of nitrogens with zero attached hydrogens (tertiary/aromatic N) is 4. The maximum absolute atomic E-state index is 12.8. The van der Waals surface area contributed by atoms with Gasteiger partial charge in [-0.2, -0.15) is 9.57 Å². The van der Waals surface area contributed by atoms with Crippen LogP contribution in [0.1, 0.15) is 25.0 Å². The third-order valence-electron chi connectivity index (χ3n) is 4.76. The number of hydrogen-bond donors (Lipinski definition) is 0. The van der Waals surface area contributed by atoms with Crippen molar-refractivity contribution in [2.45, 2.75) is 42.6 Å². The number of hydrogen-bond acceptors (Lipinski definition) is 7. The summed E-state index contributed by atoms with van der Waals surface area (Å²) >= 11 is 1.20. The van der Waals surface area contributed by atoms with Crippen LogP contribution >= 0.6 is 11.8 Å². The Bertz CT molecular complexity index is 1160. The summed E-state index contributed by atoms with van der Waals surface area (Å²) in [5.74, 6) is 0.214. The normalized spacial score (nSPS) is 12.6. The molecule has 2 aromatic carbocycles. The highest BCUT2D eigenvalue weighted by Crippen LogP contribution is 2.29. The van der Waals surface area contributed by atoms with E-state index >= 15 is 0 Å². The van der Waals surface area contributed by atoms with Gasteiger partial charge in [-0.15, -0.1) is 10.2 Å². The molecule has 1 atom stereocenters. The lowest BCUT2D eigenvalue weighted by Gasteiger charge is -2.18. The van der Waals surface area contributed by atoms with Gasteiger partial charge in [-0.1, -0.05) is 49.7 Å². The topological polar surface area (TPSA) is 100 Å². The first-order chi connectivity index (χ1) is 14.9. The highest BCUT2D eigenvalue weighted by atomic mass is 32.2. The van der Waals surface area contributed by atoms with Crippen molar-refractivity contribution in [3.05, 3.63) is 59.7 Å². The lowest BCUT2D eigenvalue weighted by molar-refractivity contribution is 0.445. The predicted octanol–water partition coefficient (Wildman–Crippen LogP) is 4.30. The SMILES string of the molecule is CCN(CC)S(=O)(=O)c1cccc(-c2nnc(SC(C#N)Cc3ccc(C)cc3)o2)c1. The van der Waals surface area contributed by atoms with Crippen molar-refractivity contribution >= 4 is 21.8 Å². The van der Waals surface area contributed by atoms with E-state index < -0.39 is 10.0 Å². The van der Waals surface area contributed by atoms with Crippen molar-refractivity contribution in [1.82, 2.24) is 14.5 Å². The second-order valence-electron chi connectivity index (χ2n) is 6.92. The minimum absolute atomic E-state index is 0.176. The average molecular weight is 457 g/mol. The first kappa shape index (κ1) is 23.0. The molecule has 0 aliphatic carbocycles. The molecule has 7 nitrogen and oxygen atoms in total. The number of thioether (sulfide) groups is 1. The van der Waals surface area contributed by atoms with E-state index in [1.807, 2.05) is 31.2 Å². The summed E-state index contributed by atoms with van der Waals surface area (Å²) in [6.07, 6.45) is 0.552. The zero-order valence-electron chi connectivity index (χ0n) is 17.6. The fraction of sp³-hybridized carbons (Fsp3) is 0.318. The molecule has 0 spiro atoms. The van der Waals surface area contributed by atoms with Crippen LogP contribution in [-0.4, -0.2) is 41.3 Å². The molecular formula is C22H24N4O3S2. The molecule has 0 radical (unpaired) electrons. The van der Waals surface area contributed by atoms with Crippen LogP contribution in [0.15, 0.2) is 63.1 Å². The van der Waals surface area contributed by atoms with Crippen LogP contribution in [-0.2, 0) is 16.4 Å². The second kappa shape index (κ2) is 10.1. The number of rotatable bonds is 9. The molecule has 1 aromatic heterocycles. The van der Waals surface area contributed by atoms with E-state index in [1.165, 1.54) is 22.1 Å². The van der Waals surface area contributed by atoms with Crippen LogP contribution in [0.5, 0.6) is 0 Å². The van der Waals surface area contributed by atoms with Crippen molar-refractivity contribution in [2.24, 2.45) is 0 Å². The van der Waals surface area contributed by atoms with Gasteiger partial charge in [0.1, 0.15) is 5.25 Å². The Kier molecular flexibility index (Phi) is 7.49. The van der Waals surface area contributed by atoms with E-state index in [0.29, 0.717) is 25.1 Å². The van der Waals surface area contributed by atoms with E-state index in [-0.39, 0.29) is 21.3 Å². The maximum atomic E-state index is 12.8. The molecule has 1 heterocycles. The van der Waals surface area contributed by atoms with Crippen molar-refractivity contribution in [2.75, 3.05) is 13.1 Å².